The molecular formula is C19H27N3O2. The highest BCUT2D eigenvalue weighted by Crippen LogP contribution is 2.29. The number of nitrogens with two attached hydrogens (primary N) is 1. The molecule has 0 fully saturated rings. The minimum atomic E-state index is -0.735. The molecule has 5 heteroatoms. The van der Waals surface area contributed by atoms with E-state index in [4.69, 9.17) is 10.5 Å². The number of hydrogen-bond acceptors (Lipinski definition) is 4. The van der Waals surface area contributed by atoms with Gasteiger partial charge in [0.05, 0.1) is 23.4 Å². The molecule has 0 aliphatic carbocycles. The monoisotopic (exact) mass is 329 g/mol. The summed E-state index contributed by atoms with van der Waals surface area (Å²) in [5.41, 5.74) is 7.95. The highest BCUT2D eigenvalue weighted by molar-refractivity contribution is 5.82. The molecular weight excluding hydrogens is 302 g/mol. The number of aromatic nitrogens is 2. The third kappa shape index (κ3) is 3.45. The molecule has 0 amide bonds. The lowest BCUT2D eigenvalue weighted by Gasteiger charge is -2.23. The van der Waals surface area contributed by atoms with E-state index in [0.717, 1.165) is 16.9 Å². The number of carbonyl (C=O) groups is 1. The molecule has 2 rings (SSSR count). The van der Waals surface area contributed by atoms with E-state index in [1.54, 1.807) is 4.68 Å². The van der Waals surface area contributed by atoms with E-state index in [0.29, 0.717) is 12.4 Å². The number of hydrogen-bond donors (Lipinski definition) is 1. The summed E-state index contributed by atoms with van der Waals surface area (Å²) in [6, 6.07) is 9.59. The van der Waals surface area contributed by atoms with Gasteiger partial charge in [-0.1, -0.05) is 32.9 Å². The first kappa shape index (κ1) is 18.0. The summed E-state index contributed by atoms with van der Waals surface area (Å²) >= 11 is 0. The van der Waals surface area contributed by atoms with Crippen LogP contribution in [0, 0.1) is 0 Å². The molecule has 0 saturated heterocycles. The molecule has 0 atom stereocenters. The molecule has 0 unspecified atom stereocenters. The molecule has 0 aliphatic heterocycles. The summed E-state index contributed by atoms with van der Waals surface area (Å²) in [5, 5.41) is 4.63. The van der Waals surface area contributed by atoms with Gasteiger partial charge < -0.3 is 10.5 Å². The summed E-state index contributed by atoms with van der Waals surface area (Å²) in [6.07, 6.45) is 0. The van der Waals surface area contributed by atoms with E-state index in [9.17, 15) is 4.79 Å². The average Bonchev–Trinajstić information content (AvgIpc) is 2.90. The molecule has 5 nitrogen and oxygen atoms in total. The standard InChI is InChI=1S/C19H27N3O2/c1-7-24-17(23)19(5,6)13-9-8-10-14(11-13)22-16(20)12-15(21-22)18(2,3)4/h8-12H,7,20H2,1-6H3. The van der Waals surface area contributed by atoms with Gasteiger partial charge in [-0.25, -0.2) is 4.68 Å². The topological polar surface area (TPSA) is 70.1 Å². The molecule has 2 N–H and O–H groups in total. The lowest BCUT2D eigenvalue weighted by atomic mass is 9.84. The highest BCUT2D eigenvalue weighted by Gasteiger charge is 2.31. The zero-order valence-electron chi connectivity index (χ0n) is 15.4. The van der Waals surface area contributed by atoms with E-state index in [1.807, 2.05) is 51.1 Å². The van der Waals surface area contributed by atoms with Crippen molar-refractivity contribution in [2.24, 2.45) is 0 Å². The van der Waals surface area contributed by atoms with Crippen LogP contribution < -0.4 is 5.73 Å². The summed E-state index contributed by atoms with van der Waals surface area (Å²) in [7, 11) is 0. The van der Waals surface area contributed by atoms with Crippen molar-refractivity contribution in [3.05, 3.63) is 41.6 Å². The number of esters is 1. The Balaban J connectivity index is 2.45. The lowest BCUT2D eigenvalue weighted by Crippen LogP contribution is -2.31. The fraction of sp³-hybridized carbons (Fsp3) is 0.474. The molecule has 130 valence electrons. The zero-order chi connectivity index (χ0) is 18.1. The van der Waals surface area contributed by atoms with E-state index in [-0.39, 0.29) is 11.4 Å². The minimum absolute atomic E-state index is 0.0822. The Morgan fingerprint density at radius 1 is 1.21 bits per heavy atom. The van der Waals surface area contributed by atoms with Crippen molar-refractivity contribution in [3.8, 4) is 5.69 Å². The second-order valence-electron chi connectivity index (χ2n) is 7.51. The van der Waals surface area contributed by atoms with E-state index in [1.165, 1.54) is 0 Å². The van der Waals surface area contributed by atoms with E-state index >= 15 is 0 Å². The van der Waals surface area contributed by atoms with Crippen LogP contribution in [0.1, 0.15) is 52.8 Å². The predicted octanol–water partition coefficient (Wildman–Crippen LogP) is 3.59. The molecule has 24 heavy (non-hydrogen) atoms. The van der Waals surface area contributed by atoms with E-state index in [2.05, 4.69) is 25.9 Å². The predicted molar refractivity (Wildman–Crippen MR) is 96.3 cm³/mol. The second-order valence-corrected chi connectivity index (χ2v) is 7.51. The number of rotatable bonds is 4. The molecule has 1 aromatic carbocycles. The van der Waals surface area contributed by atoms with Gasteiger partial charge in [-0.3, -0.25) is 4.79 Å². The van der Waals surface area contributed by atoms with Gasteiger partial charge in [0.1, 0.15) is 5.82 Å². The third-order valence-corrected chi connectivity index (χ3v) is 4.10. The van der Waals surface area contributed by atoms with Gasteiger partial charge >= 0.3 is 5.97 Å². The molecule has 0 spiro atoms. The number of benzene rings is 1. The average molecular weight is 329 g/mol. The van der Waals surface area contributed by atoms with Crippen LogP contribution in [-0.4, -0.2) is 22.4 Å². The van der Waals surface area contributed by atoms with Crippen LogP contribution in [0.25, 0.3) is 5.69 Å². The molecule has 1 heterocycles. The van der Waals surface area contributed by atoms with Gasteiger partial charge in [-0.15, -0.1) is 0 Å². The third-order valence-electron chi connectivity index (χ3n) is 4.10. The lowest BCUT2D eigenvalue weighted by molar-refractivity contribution is -0.148. The van der Waals surface area contributed by atoms with Gasteiger partial charge in [0.15, 0.2) is 0 Å². The van der Waals surface area contributed by atoms with Crippen molar-refractivity contribution in [2.75, 3.05) is 12.3 Å². The van der Waals surface area contributed by atoms with Crippen molar-refractivity contribution >= 4 is 11.8 Å². The Morgan fingerprint density at radius 3 is 2.42 bits per heavy atom. The first-order valence-corrected chi connectivity index (χ1v) is 8.21. The largest absolute Gasteiger partial charge is 0.465 e. The van der Waals surface area contributed by atoms with Crippen molar-refractivity contribution in [3.63, 3.8) is 0 Å². The Bertz CT molecular complexity index is 739. The molecule has 0 saturated carbocycles. The maximum absolute atomic E-state index is 12.2. The fourth-order valence-electron chi connectivity index (χ4n) is 2.42. The maximum atomic E-state index is 12.2. The van der Waals surface area contributed by atoms with Gasteiger partial charge in [0.25, 0.3) is 0 Å². The van der Waals surface area contributed by atoms with Crippen LogP contribution in [0.2, 0.25) is 0 Å². The van der Waals surface area contributed by atoms with Crippen LogP contribution in [0.4, 0.5) is 5.82 Å². The van der Waals surface area contributed by atoms with Gasteiger partial charge in [-0.05, 0) is 38.5 Å². The van der Waals surface area contributed by atoms with Crippen molar-refractivity contribution in [2.45, 2.75) is 52.4 Å². The van der Waals surface area contributed by atoms with E-state index < -0.39 is 5.41 Å². The number of nitrogens with zero attached hydrogens (tertiary/aromatic N) is 2. The summed E-state index contributed by atoms with van der Waals surface area (Å²) in [5.74, 6) is 0.331. The molecule has 0 bridgehead atoms. The van der Waals surface area contributed by atoms with Crippen LogP contribution in [0.15, 0.2) is 30.3 Å². The van der Waals surface area contributed by atoms with Gasteiger partial charge in [-0.2, -0.15) is 5.10 Å². The number of carbonyl (C=O) groups excluding carboxylic acids is 1. The summed E-state index contributed by atoms with van der Waals surface area (Å²) in [4.78, 5) is 12.2. The van der Waals surface area contributed by atoms with Gasteiger partial charge in [0, 0.05) is 11.5 Å². The summed E-state index contributed by atoms with van der Waals surface area (Å²) < 4.78 is 6.91. The van der Waals surface area contributed by atoms with Crippen molar-refractivity contribution in [1.29, 1.82) is 0 Å². The first-order chi connectivity index (χ1) is 11.1. The number of ether oxygens (including phenoxy) is 1. The Labute approximate surface area is 143 Å². The zero-order valence-corrected chi connectivity index (χ0v) is 15.4. The fourth-order valence-corrected chi connectivity index (χ4v) is 2.42. The SMILES string of the molecule is CCOC(=O)C(C)(C)c1cccc(-n2nc(C(C)(C)C)cc2N)c1. The van der Waals surface area contributed by atoms with Crippen molar-refractivity contribution in [1.82, 2.24) is 9.78 Å². The van der Waals surface area contributed by atoms with Crippen molar-refractivity contribution < 1.29 is 9.53 Å². The highest BCUT2D eigenvalue weighted by atomic mass is 16.5. The molecule has 0 aliphatic rings. The van der Waals surface area contributed by atoms with Crippen LogP contribution in [-0.2, 0) is 20.4 Å². The molecule has 2 aromatic rings. The Kier molecular flexibility index (Phi) is 4.74. The van der Waals surface area contributed by atoms with Gasteiger partial charge in [0.2, 0.25) is 0 Å². The molecule has 0 radical (unpaired) electrons. The Hall–Kier alpha value is -2.30. The van der Waals surface area contributed by atoms with Crippen LogP contribution >= 0.6 is 0 Å². The maximum Gasteiger partial charge on any atom is 0.315 e. The summed E-state index contributed by atoms with van der Waals surface area (Å²) in [6.45, 7) is 12.2. The smallest absolute Gasteiger partial charge is 0.315 e. The number of nitrogen functional groups attached to an aromatic ring is 1. The van der Waals surface area contributed by atoms with Crippen LogP contribution in [0.5, 0.6) is 0 Å². The van der Waals surface area contributed by atoms with Crippen LogP contribution in [0.3, 0.4) is 0 Å². The Morgan fingerprint density at radius 2 is 1.88 bits per heavy atom. The first-order valence-electron chi connectivity index (χ1n) is 8.21. The minimum Gasteiger partial charge on any atom is -0.465 e. The second kappa shape index (κ2) is 6.30. The quantitative estimate of drug-likeness (QED) is 0.870. The molecule has 1 aromatic heterocycles. The number of anilines is 1. The normalized spacial score (nSPS) is 12.2.